The third-order valence-corrected chi connectivity index (χ3v) is 9.30. The van der Waals surface area contributed by atoms with Gasteiger partial charge in [0.05, 0.1) is 30.4 Å². The Morgan fingerprint density at radius 1 is 1.32 bits per heavy atom. The third kappa shape index (κ3) is 4.78. The molecule has 2 aliphatic carbocycles. The van der Waals surface area contributed by atoms with E-state index in [9.17, 15) is 14.7 Å². The van der Waals surface area contributed by atoms with Crippen molar-refractivity contribution in [1.29, 1.82) is 0 Å². The number of hydrogen-bond donors (Lipinski definition) is 1. The Morgan fingerprint density at radius 3 is 2.65 bits per heavy atom. The molecule has 8 heteroatoms. The lowest BCUT2D eigenvalue weighted by Crippen LogP contribution is -2.54. The van der Waals surface area contributed by atoms with Crippen molar-refractivity contribution in [2.24, 2.45) is 28.6 Å². The van der Waals surface area contributed by atoms with E-state index in [1.807, 2.05) is 32.6 Å². The van der Waals surface area contributed by atoms with E-state index in [0.717, 1.165) is 30.0 Å². The highest BCUT2D eigenvalue weighted by atomic mass is 32.1. The number of nitrogens with zero attached hydrogens (tertiary/aromatic N) is 2. The Kier molecular flexibility index (Phi) is 7.15. The summed E-state index contributed by atoms with van der Waals surface area (Å²) in [5.41, 5.74) is 0.456. The molecule has 1 saturated carbocycles. The molecular formula is C26H40N2O5S. The molecule has 1 aliphatic heterocycles. The highest BCUT2D eigenvalue weighted by Crippen LogP contribution is 2.57. The zero-order valence-corrected chi connectivity index (χ0v) is 22.2. The van der Waals surface area contributed by atoms with Gasteiger partial charge in [0.15, 0.2) is 0 Å². The molecule has 0 aromatic carbocycles. The number of rotatable bonds is 4. The fourth-order valence-corrected chi connectivity index (χ4v) is 7.54. The molecule has 0 radical (unpaired) electrons. The van der Waals surface area contributed by atoms with Crippen molar-refractivity contribution >= 4 is 23.2 Å². The van der Waals surface area contributed by atoms with Gasteiger partial charge in [0.25, 0.3) is 0 Å². The number of aliphatic hydroxyl groups is 1. The van der Waals surface area contributed by atoms with Crippen LogP contribution in [-0.2, 0) is 32.1 Å². The summed E-state index contributed by atoms with van der Waals surface area (Å²) >= 11 is 1.64. The van der Waals surface area contributed by atoms with Crippen LogP contribution < -0.4 is 0 Å². The van der Waals surface area contributed by atoms with E-state index in [4.69, 9.17) is 14.5 Å². The predicted molar refractivity (Wildman–Crippen MR) is 130 cm³/mol. The van der Waals surface area contributed by atoms with Crippen molar-refractivity contribution in [3.8, 4) is 0 Å². The number of hydrogen-bond acceptors (Lipinski definition) is 7. The Morgan fingerprint density at radius 2 is 2.00 bits per heavy atom. The molecule has 6 atom stereocenters. The van der Waals surface area contributed by atoms with Crippen LogP contribution in [0.15, 0.2) is 0 Å². The van der Waals surface area contributed by atoms with Gasteiger partial charge in [0.2, 0.25) is 5.91 Å². The topological polar surface area (TPSA) is 89.0 Å². The first-order valence-corrected chi connectivity index (χ1v) is 13.4. The zero-order chi connectivity index (χ0) is 24.8. The molecule has 2 heterocycles. The number of carbonyl (C=O) groups excluding carboxylic acids is 2. The van der Waals surface area contributed by atoms with Crippen LogP contribution in [0.5, 0.6) is 0 Å². The fraction of sp³-hybridized carbons (Fsp3) is 0.808. The van der Waals surface area contributed by atoms with Gasteiger partial charge in [-0.05, 0) is 57.3 Å². The van der Waals surface area contributed by atoms with Crippen LogP contribution in [-0.4, -0.2) is 59.3 Å². The number of morpholine rings is 1. The van der Waals surface area contributed by atoms with E-state index in [-0.39, 0.29) is 47.6 Å². The smallest absolute Gasteiger partial charge is 0.311 e. The third-order valence-electron chi connectivity index (χ3n) is 8.26. The lowest BCUT2D eigenvalue weighted by atomic mass is 9.53. The quantitative estimate of drug-likeness (QED) is 0.644. The van der Waals surface area contributed by atoms with Crippen LogP contribution in [0.2, 0.25) is 0 Å². The van der Waals surface area contributed by atoms with Crippen LogP contribution in [0.4, 0.5) is 0 Å². The molecular weight excluding hydrogens is 452 g/mol. The Bertz CT molecular complexity index is 919. The number of amides is 1. The molecule has 1 aromatic rings. The second kappa shape index (κ2) is 9.51. The van der Waals surface area contributed by atoms with E-state index in [0.29, 0.717) is 26.3 Å². The molecule has 3 aliphatic rings. The molecule has 1 saturated heterocycles. The second-order valence-electron chi connectivity index (χ2n) is 11.8. The van der Waals surface area contributed by atoms with E-state index in [2.05, 4.69) is 13.8 Å². The van der Waals surface area contributed by atoms with Gasteiger partial charge < -0.3 is 19.5 Å². The predicted octanol–water partition coefficient (Wildman–Crippen LogP) is 3.78. The normalized spacial score (nSPS) is 32.5. The van der Waals surface area contributed by atoms with E-state index >= 15 is 0 Å². The highest BCUT2D eigenvalue weighted by molar-refractivity contribution is 7.11. The molecule has 1 N–H and O–H groups in total. The van der Waals surface area contributed by atoms with Gasteiger partial charge in [-0.15, -0.1) is 11.3 Å². The number of aliphatic hydroxyl groups excluding tert-OH is 1. The summed E-state index contributed by atoms with van der Waals surface area (Å²) in [6.07, 6.45) is 2.15. The molecule has 0 spiro atoms. The maximum absolute atomic E-state index is 13.2. The first-order valence-electron chi connectivity index (χ1n) is 12.6. The molecule has 34 heavy (non-hydrogen) atoms. The van der Waals surface area contributed by atoms with Crippen molar-refractivity contribution in [2.75, 3.05) is 26.3 Å². The molecule has 6 unspecified atom stereocenters. The lowest BCUT2D eigenvalue weighted by Gasteiger charge is -2.53. The number of fused-ring (bicyclic) bond motifs is 2. The first kappa shape index (κ1) is 25.6. The second-order valence-corrected chi connectivity index (χ2v) is 13.0. The Labute approximate surface area is 207 Å². The van der Waals surface area contributed by atoms with Crippen LogP contribution >= 0.6 is 11.3 Å². The largest absolute Gasteiger partial charge is 0.458 e. The SMILES string of the molecule is CC(C(=O)N1CCOCC1)C1CCC2(C)Cc3sc(COC(=O)C(C)(C)C)nc3C(C)C2C1O. The van der Waals surface area contributed by atoms with Gasteiger partial charge in [-0.25, -0.2) is 4.98 Å². The molecule has 190 valence electrons. The van der Waals surface area contributed by atoms with Crippen LogP contribution in [0, 0.1) is 28.6 Å². The maximum atomic E-state index is 13.2. The van der Waals surface area contributed by atoms with Crippen LogP contribution in [0.25, 0.3) is 0 Å². The first-order chi connectivity index (χ1) is 15.9. The van der Waals surface area contributed by atoms with Gasteiger partial charge >= 0.3 is 5.97 Å². The summed E-state index contributed by atoms with van der Waals surface area (Å²) in [4.78, 5) is 33.4. The zero-order valence-electron chi connectivity index (χ0n) is 21.4. The summed E-state index contributed by atoms with van der Waals surface area (Å²) < 4.78 is 10.9. The molecule has 2 fully saturated rings. The summed E-state index contributed by atoms with van der Waals surface area (Å²) in [5, 5.41) is 12.4. The van der Waals surface area contributed by atoms with Gasteiger partial charge in [0.1, 0.15) is 11.6 Å². The van der Waals surface area contributed by atoms with Crippen LogP contribution in [0.3, 0.4) is 0 Å². The molecule has 0 bridgehead atoms. The molecule has 1 amide bonds. The van der Waals surface area contributed by atoms with Crippen LogP contribution in [0.1, 0.15) is 75.9 Å². The number of carbonyl (C=O) groups is 2. The van der Waals surface area contributed by atoms with Gasteiger partial charge in [-0.2, -0.15) is 0 Å². The molecule has 7 nitrogen and oxygen atoms in total. The summed E-state index contributed by atoms with van der Waals surface area (Å²) in [7, 11) is 0. The molecule has 4 rings (SSSR count). The van der Waals surface area contributed by atoms with Crippen molar-refractivity contribution in [2.45, 2.75) is 79.4 Å². The van der Waals surface area contributed by atoms with Crippen molar-refractivity contribution < 1.29 is 24.2 Å². The monoisotopic (exact) mass is 492 g/mol. The summed E-state index contributed by atoms with van der Waals surface area (Å²) in [5.74, 6) is -0.230. The van der Waals surface area contributed by atoms with E-state index < -0.39 is 11.5 Å². The maximum Gasteiger partial charge on any atom is 0.311 e. The Hall–Kier alpha value is -1.51. The number of aromatic nitrogens is 1. The standard InChI is InChI=1S/C26H40N2O5S/c1-15(23(30)28-9-11-32-12-10-28)17-7-8-26(6)13-18-21(16(2)20(26)22(17)29)27-19(34-18)14-33-24(31)25(3,4)5/h15-17,20,22,29H,7-14H2,1-6H3. The number of ether oxygens (including phenoxy) is 2. The van der Waals surface area contributed by atoms with Gasteiger partial charge in [-0.3, -0.25) is 9.59 Å². The van der Waals surface area contributed by atoms with Crippen molar-refractivity contribution in [3.05, 3.63) is 15.6 Å². The van der Waals surface area contributed by atoms with Gasteiger partial charge in [0, 0.05) is 29.8 Å². The lowest BCUT2D eigenvalue weighted by molar-refractivity contribution is -0.154. The van der Waals surface area contributed by atoms with E-state index in [1.54, 1.807) is 11.3 Å². The minimum Gasteiger partial charge on any atom is -0.458 e. The highest BCUT2D eigenvalue weighted by Gasteiger charge is 2.54. The van der Waals surface area contributed by atoms with E-state index in [1.165, 1.54) is 4.88 Å². The van der Waals surface area contributed by atoms with Gasteiger partial charge in [-0.1, -0.05) is 20.8 Å². The van der Waals surface area contributed by atoms with Crippen molar-refractivity contribution in [1.82, 2.24) is 9.88 Å². The Balaban J connectivity index is 1.50. The number of thiazole rings is 1. The fourth-order valence-electron chi connectivity index (χ4n) is 6.26. The average molecular weight is 493 g/mol. The summed E-state index contributed by atoms with van der Waals surface area (Å²) in [6, 6.07) is 0. The average Bonchev–Trinajstić information content (AvgIpc) is 3.19. The van der Waals surface area contributed by atoms with Crippen molar-refractivity contribution in [3.63, 3.8) is 0 Å². The summed E-state index contributed by atoms with van der Waals surface area (Å²) in [6.45, 7) is 14.6. The minimum atomic E-state index is -0.550. The molecule has 1 aromatic heterocycles. The minimum absolute atomic E-state index is 0.0318. The number of esters is 1.